The molecule has 92 valence electrons. The number of rotatable bonds is 10. The van der Waals surface area contributed by atoms with Crippen molar-refractivity contribution < 1.29 is 19.1 Å². The lowest BCUT2D eigenvalue weighted by atomic mass is 10.2. The smallest absolute Gasteiger partial charge is 0.245 e. The first-order valence-electron chi connectivity index (χ1n) is 5.22. The van der Waals surface area contributed by atoms with Crippen LogP contribution >= 0.6 is 0 Å². The van der Waals surface area contributed by atoms with Crippen LogP contribution in [-0.2, 0) is 19.1 Å². The van der Waals surface area contributed by atoms with E-state index in [-0.39, 0.29) is 18.3 Å². The Morgan fingerprint density at radius 2 is 1.94 bits per heavy atom. The highest BCUT2D eigenvalue weighted by atomic mass is 16.5. The number of ketones is 1. The molecule has 0 aromatic carbocycles. The van der Waals surface area contributed by atoms with Crippen molar-refractivity contribution in [2.45, 2.75) is 12.8 Å². The Hall–Kier alpha value is -1.20. The Balaban J connectivity index is 3.13. The Morgan fingerprint density at radius 3 is 2.56 bits per heavy atom. The summed E-state index contributed by atoms with van der Waals surface area (Å²) >= 11 is 0. The second-order valence-electron chi connectivity index (χ2n) is 3.11. The van der Waals surface area contributed by atoms with E-state index >= 15 is 0 Å². The Bertz CT molecular complexity index is 228. The predicted octanol–water partition coefficient (Wildman–Crippen LogP) is 0.301. The van der Waals surface area contributed by atoms with Crippen LogP contribution in [0.1, 0.15) is 12.8 Å². The van der Waals surface area contributed by atoms with E-state index in [2.05, 4.69) is 11.9 Å². The molecular weight excluding hydrogens is 210 g/mol. The molecule has 1 amide bonds. The molecule has 0 heterocycles. The predicted molar refractivity (Wildman–Crippen MR) is 60.1 cm³/mol. The molecule has 0 bridgehead atoms. The number of hydrogen-bond acceptors (Lipinski definition) is 4. The molecule has 0 saturated heterocycles. The van der Waals surface area contributed by atoms with Gasteiger partial charge in [0.15, 0.2) is 5.78 Å². The molecule has 0 aliphatic carbocycles. The highest BCUT2D eigenvalue weighted by molar-refractivity contribution is 5.88. The van der Waals surface area contributed by atoms with Gasteiger partial charge in [0.2, 0.25) is 5.91 Å². The highest BCUT2D eigenvalue weighted by Crippen LogP contribution is 1.92. The first-order valence-corrected chi connectivity index (χ1v) is 5.22. The van der Waals surface area contributed by atoms with Crippen molar-refractivity contribution in [3.8, 4) is 0 Å². The minimum atomic E-state index is -0.156. The second kappa shape index (κ2) is 10.3. The second-order valence-corrected chi connectivity index (χ2v) is 3.11. The zero-order valence-electron chi connectivity index (χ0n) is 9.66. The summed E-state index contributed by atoms with van der Waals surface area (Å²) in [5, 5.41) is 2.44. The summed E-state index contributed by atoms with van der Waals surface area (Å²) < 4.78 is 10.2. The van der Waals surface area contributed by atoms with Crippen LogP contribution in [0.2, 0.25) is 0 Å². The normalized spacial score (nSPS) is 9.81. The third-order valence-electron chi connectivity index (χ3n) is 1.82. The molecule has 0 aliphatic rings. The molecule has 0 radical (unpaired) electrons. The average molecular weight is 229 g/mol. The Kier molecular flexibility index (Phi) is 9.55. The minimum Gasteiger partial charge on any atom is -0.379 e. The maximum absolute atomic E-state index is 10.8. The molecule has 1 N–H and O–H groups in total. The lowest BCUT2D eigenvalue weighted by Crippen LogP contribution is -2.24. The lowest BCUT2D eigenvalue weighted by molar-refractivity contribution is -0.125. The van der Waals surface area contributed by atoms with E-state index in [0.29, 0.717) is 32.7 Å². The molecule has 16 heavy (non-hydrogen) atoms. The van der Waals surface area contributed by atoms with Gasteiger partial charge in [-0.1, -0.05) is 6.58 Å². The van der Waals surface area contributed by atoms with Crippen LogP contribution in [0.3, 0.4) is 0 Å². The number of likely N-dealkylation sites (N-methyl/N-ethyl adjacent to an activating group) is 1. The van der Waals surface area contributed by atoms with E-state index in [0.717, 1.165) is 0 Å². The molecule has 0 rings (SSSR count). The summed E-state index contributed by atoms with van der Waals surface area (Å²) in [6.45, 7) is 4.75. The summed E-state index contributed by atoms with van der Waals surface area (Å²) in [5.41, 5.74) is 0. The summed E-state index contributed by atoms with van der Waals surface area (Å²) in [4.78, 5) is 21.5. The molecule has 0 atom stereocenters. The average Bonchev–Trinajstić information content (AvgIpc) is 2.31. The lowest BCUT2D eigenvalue weighted by Gasteiger charge is -2.04. The molecule has 5 nitrogen and oxygen atoms in total. The highest BCUT2D eigenvalue weighted by Gasteiger charge is 1.98. The molecule has 0 saturated carbocycles. The van der Waals surface area contributed by atoms with E-state index in [9.17, 15) is 9.59 Å². The van der Waals surface area contributed by atoms with Gasteiger partial charge in [0, 0.05) is 20.1 Å². The number of ether oxygens (including phenoxy) is 2. The van der Waals surface area contributed by atoms with Gasteiger partial charge in [-0.3, -0.25) is 9.59 Å². The van der Waals surface area contributed by atoms with Gasteiger partial charge in [-0.2, -0.15) is 0 Å². The van der Waals surface area contributed by atoms with Crippen LogP contribution < -0.4 is 5.32 Å². The number of amides is 1. The van der Waals surface area contributed by atoms with Gasteiger partial charge in [-0.25, -0.2) is 0 Å². The molecular formula is C11H19NO4. The minimum absolute atomic E-state index is 0.0273. The SMILES string of the molecule is C=CC(=O)CCCOCCOCC(=O)NC. The number of nitrogens with one attached hydrogen (secondary N) is 1. The van der Waals surface area contributed by atoms with Crippen molar-refractivity contribution in [3.05, 3.63) is 12.7 Å². The quantitative estimate of drug-likeness (QED) is 0.432. The summed E-state index contributed by atoms with van der Waals surface area (Å²) in [7, 11) is 1.55. The zero-order chi connectivity index (χ0) is 12.2. The molecule has 0 aliphatic heterocycles. The van der Waals surface area contributed by atoms with Crippen molar-refractivity contribution in [2.75, 3.05) is 33.5 Å². The van der Waals surface area contributed by atoms with Crippen molar-refractivity contribution in [3.63, 3.8) is 0 Å². The number of carbonyl (C=O) groups is 2. The summed E-state index contributed by atoms with van der Waals surface area (Å²) in [6, 6.07) is 0. The van der Waals surface area contributed by atoms with Gasteiger partial charge in [0.1, 0.15) is 6.61 Å². The van der Waals surface area contributed by atoms with Crippen LogP contribution in [0.15, 0.2) is 12.7 Å². The van der Waals surface area contributed by atoms with Gasteiger partial charge in [0.25, 0.3) is 0 Å². The standard InChI is InChI=1S/C11H19NO4/c1-3-10(13)5-4-6-15-7-8-16-9-11(14)12-2/h3H,1,4-9H2,2H3,(H,12,14). The van der Waals surface area contributed by atoms with Crippen molar-refractivity contribution in [1.82, 2.24) is 5.32 Å². The van der Waals surface area contributed by atoms with E-state index in [4.69, 9.17) is 9.47 Å². The van der Waals surface area contributed by atoms with E-state index in [1.54, 1.807) is 7.05 Å². The summed E-state index contributed by atoms with van der Waals surface area (Å²) in [5.74, 6) is -0.129. The van der Waals surface area contributed by atoms with Gasteiger partial charge < -0.3 is 14.8 Å². The third-order valence-corrected chi connectivity index (χ3v) is 1.82. The van der Waals surface area contributed by atoms with Gasteiger partial charge in [-0.15, -0.1) is 0 Å². The fourth-order valence-corrected chi connectivity index (χ4v) is 0.907. The van der Waals surface area contributed by atoms with Crippen molar-refractivity contribution in [1.29, 1.82) is 0 Å². The van der Waals surface area contributed by atoms with E-state index < -0.39 is 0 Å². The summed E-state index contributed by atoms with van der Waals surface area (Å²) in [6.07, 6.45) is 2.45. The maximum Gasteiger partial charge on any atom is 0.245 e. The van der Waals surface area contributed by atoms with Crippen LogP contribution in [0.5, 0.6) is 0 Å². The largest absolute Gasteiger partial charge is 0.379 e. The topological polar surface area (TPSA) is 64.6 Å². The van der Waals surface area contributed by atoms with E-state index in [1.165, 1.54) is 6.08 Å². The molecule has 0 aromatic heterocycles. The fourth-order valence-electron chi connectivity index (χ4n) is 0.907. The zero-order valence-corrected chi connectivity index (χ0v) is 9.66. The number of allylic oxidation sites excluding steroid dienone is 1. The number of hydrogen-bond donors (Lipinski definition) is 1. The first kappa shape index (κ1) is 14.8. The number of carbonyl (C=O) groups excluding carboxylic acids is 2. The van der Waals surface area contributed by atoms with Crippen LogP contribution in [0, 0.1) is 0 Å². The molecule has 0 aromatic rings. The van der Waals surface area contributed by atoms with Gasteiger partial charge >= 0.3 is 0 Å². The van der Waals surface area contributed by atoms with Crippen LogP contribution in [0.25, 0.3) is 0 Å². The van der Waals surface area contributed by atoms with E-state index in [1.807, 2.05) is 0 Å². The van der Waals surface area contributed by atoms with Crippen molar-refractivity contribution >= 4 is 11.7 Å². The van der Waals surface area contributed by atoms with Crippen LogP contribution in [-0.4, -0.2) is 45.2 Å². The maximum atomic E-state index is 10.8. The van der Waals surface area contributed by atoms with Crippen molar-refractivity contribution in [2.24, 2.45) is 0 Å². The van der Waals surface area contributed by atoms with Gasteiger partial charge in [0.05, 0.1) is 13.2 Å². The molecule has 5 heteroatoms. The molecule has 0 spiro atoms. The Morgan fingerprint density at radius 1 is 1.25 bits per heavy atom. The Labute approximate surface area is 95.8 Å². The monoisotopic (exact) mass is 229 g/mol. The molecule has 0 fully saturated rings. The first-order chi connectivity index (χ1) is 7.70. The van der Waals surface area contributed by atoms with Crippen LogP contribution in [0.4, 0.5) is 0 Å². The molecule has 0 unspecified atom stereocenters. The fraction of sp³-hybridized carbons (Fsp3) is 0.636. The third kappa shape index (κ3) is 9.36. The van der Waals surface area contributed by atoms with Gasteiger partial charge in [-0.05, 0) is 12.5 Å².